The van der Waals surface area contributed by atoms with Crippen molar-refractivity contribution >= 4 is 0 Å². The minimum atomic E-state index is -2.86. The van der Waals surface area contributed by atoms with Gasteiger partial charge in [0.15, 0.2) is 0 Å². The van der Waals surface area contributed by atoms with Crippen LogP contribution in [0.4, 0.5) is 17.6 Å². The van der Waals surface area contributed by atoms with Crippen molar-refractivity contribution in [3.8, 4) is 0 Å². The summed E-state index contributed by atoms with van der Waals surface area (Å²) < 4.78 is 48.7. The molecule has 14 heavy (non-hydrogen) atoms. The third-order valence-electron chi connectivity index (χ3n) is 1.61. The van der Waals surface area contributed by atoms with Crippen LogP contribution in [-0.4, -0.2) is 4.98 Å². The van der Waals surface area contributed by atoms with E-state index in [0.717, 1.165) is 12.1 Å². The van der Waals surface area contributed by atoms with Crippen molar-refractivity contribution in [2.75, 3.05) is 0 Å². The van der Waals surface area contributed by atoms with E-state index < -0.39 is 24.2 Å². The van der Waals surface area contributed by atoms with Gasteiger partial charge in [-0.25, -0.2) is 22.5 Å². The molecule has 0 aliphatic carbocycles. The molecule has 78 valence electrons. The van der Waals surface area contributed by atoms with E-state index in [9.17, 15) is 17.6 Å². The van der Waals surface area contributed by atoms with E-state index in [1.807, 2.05) is 0 Å². The molecule has 0 saturated heterocycles. The lowest BCUT2D eigenvalue weighted by atomic mass is 10.2. The van der Waals surface area contributed by atoms with Crippen molar-refractivity contribution in [3.05, 3.63) is 29.1 Å². The molecule has 1 aromatic rings. The maximum Gasteiger partial charge on any atom is 0.280 e. The van der Waals surface area contributed by atoms with Gasteiger partial charge in [-0.2, -0.15) is 0 Å². The first-order chi connectivity index (χ1) is 6.54. The fraction of sp³-hybridized carbons (Fsp3) is 0.375. The molecule has 0 aromatic carbocycles. The van der Waals surface area contributed by atoms with Crippen LogP contribution in [0.5, 0.6) is 0 Å². The number of nitrogens with two attached hydrogens (primary N) is 1. The molecule has 1 heterocycles. The summed E-state index contributed by atoms with van der Waals surface area (Å²) in [7, 11) is 0. The summed E-state index contributed by atoms with van der Waals surface area (Å²) in [6.07, 6.45) is -5.72. The van der Waals surface area contributed by atoms with Crippen LogP contribution in [0.25, 0.3) is 0 Å². The molecule has 0 amide bonds. The first-order valence-corrected chi connectivity index (χ1v) is 3.81. The standard InChI is InChI=1S/C8H8F4N2/c9-7(10)5-1-4(3-13)2-6(14-5)8(11)12/h1-2,7-8H,3,13H2. The van der Waals surface area contributed by atoms with Gasteiger partial charge in [0.25, 0.3) is 12.9 Å². The normalized spacial score (nSPS) is 11.4. The van der Waals surface area contributed by atoms with Gasteiger partial charge in [0.05, 0.1) is 0 Å². The van der Waals surface area contributed by atoms with Crippen LogP contribution >= 0.6 is 0 Å². The fourth-order valence-corrected chi connectivity index (χ4v) is 0.977. The number of pyridine rings is 1. The van der Waals surface area contributed by atoms with Gasteiger partial charge in [-0.15, -0.1) is 0 Å². The Hall–Kier alpha value is -1.17. The number of rotatable bonds is 3. The van der Waals surface area contributed by atoms with Crippen LogP contribution in [-0.2, 0) is 6.54 Å². The highest BCUT2D eigenvalue weighted by Crippen LogP contribution is 2.23. The second-order valence-electron chi connectivity index (χ2n) is 2.63. The van der Waals surface area contributed by atoms with Crippen molar-refractivity contribution in [1.29, 1.82) is 0 Å². The summed E-state index contributed by atoms with van der Waals surface area (Å²) in [5, 5.41) is 0. The van der Waals surface area contributed by atoms with E-state index in [4.69, 9.17) is 5.73 Å². The Labute approximate surface area is 77.7 Å². The largest absolute Gasteiger partial charge is 0.326 e. The maximum atomic E-state index is 12.2. The Morgan fingerprint density at radius 1 is 1.07 bits per heavy atom. The van der Waals surface area contributed by atoms with Gasteiger partial charge in [-0.05, 0) is 17.7 Å². The van der Waals surface area contributed by atoms with Crippen LogP contribution in [0.2, 0.25) is 0 Å². The van der Waals surface area contributed by atoms with Gasteiger partial charge in [0.2, 0.25) is 0 Å². The quantitative estimate of drug-likeness (QED) is 0.774. The van der Waals surface area contributed by atoms with Gasteiger partial charge < -0.3 is 5.73 Å². The van der Waals surface area contributed by atoms with E-state index in [1.165, 1.54) is 0 Å². The summed E-state index contributed by atoms with van der Waals surface area (Å²) in [5.41, 5.74) is 4.07. The van der Waals surface area contributed by atoms with Crippen molar-refractivity contribution in [2.45, 2.75) is 19.4 Å². The lowest BCUT2D eigenvalue weighted by Gasteiger charge is -2.06. The Morgan fingerprint density at radius 3 is 1.79 bits per heavy atom. The first kappa shape index (κ1) is 10.9. The molecule has 2 nitrogen and oxygen atoms in total. The van der Waals surface area contributed by atoms with Crippen molar-refractivity contribution in [3.63, 3.8) is 0 Å². The molecule has 1 aromatic heterocycles. The highest BCUT2D eigenvalue weighted by molar-refractivity contribution is 5.22. The summed E-state index contributed by atoms with van der Waals surface area (Å²) in [6.45, 7) is -0.0675. The average Bonchev–Trinajstić information content (AvgIpc) is 2.16. The van der Waals surface area contributed by atoms with E-state index >= 15 is 0 Å². The number of alkyl halides is 4. The molecule has 0 radical (unpaired) electrons. The van der Waals surface area contributed by atoms with Crippen LogP contribution in [0, 0.1) is 0 Å². The lowest BCUT2D eigenvalue weighted by Crippen LogP contribution is -2.03. The number of aromatic nitrogens is 1. The van der Waals surface area contributed by atoms with Crippen molar-refractivity contribution in [1.82, 2.24) is 4.98 Å². The molecular weight excluding hydrogens is 200 g/mol. The van der Waals surface area contributed by atoms with Crippen LogP contribution in [0.15, 0.2) is 12.1 Å². The summed E-state index contributed by atoms with van der Waals surface area (Å²) in [6, 6.07) is 2.05. The Morgan fingerprint density at radius 2 is 1.50 bits per heavy atom. The molecule has 0 bridgehead atoms. The number of hydrogen-bond donors (Lipinski definition) is 1. The fourth-order valence-electron chi connectivity index (χ4n) is 0.977. The highest BCUT2D eigenvalue weighted by atomic mass is 19.3. The zero-order valence-electron chi connectivity index (χ0n) is 7.05. The topological polar surface area (TPSA) is 38.9 Å². The van der Waals surface area contributed by atoms with E-state index in [2.05, 4.69) is 4.98 Å². The smallest absolute Gasteiger partial charge is 0.280 e. The molecule has 0 aliphatic rings. The van der Waals surface area contributed by atoms with E-state index in [-0.39, 0.29) is 12.1 Å². The summed E-state index contributed by atoms with van der Waals surface area (Å²) >= 11 is 0. The van der Waals surface area contributed by atoms with Gasteiger partial charge in [-0.1, -0.05) is 0 Å². The molecule has 0 aliphatic heterocycles. The Kier molecular flexibility index (Phi) is 3.40. The number of nitrogens with zero attached hydrogens (tertiary/aromatic N) is 1. The summed E-state index contributed by atoms with van der Waals surface area (Å²) in [5.74, 6) is 0. The van der Waals surface area contributed by atoms with Gasteiger partial charge in [0, 0.05) is 6.54 Å². The second-order valence-corrected chi connectivity index (χ2v) is 2.63. The highest BCUT2D eigenvalue weighted by Gasteiger charge is 2.15. The minimum Gasteiger partial charge on any atom is -0.326 e. The molecule has 0 unspecified atom stereocenters. The molecule has 0 fully saturated rings. The predicted octanol–water partition coefficient (Wildman–Crippen LogP) is 2.42. The minimum absolute atomic E-state index is 0.0675. The van der Waals surface area contributed by atoms with Crippen LogP contribution < -0.4 is 5.73 Å². The van der Waals surface area contributed by atoms with E-state index in [0.29, 0.717) is 0 Å². The number of hydrogen-bond acceptors (Lipinski definition) is 2. The predicted molar refractivity (Wildman–Crippen MR) is 42.0 cm³/mol. The lowest BCUT2D eigenvalue weighted by molar-refractivity contribution is 0.133. The summed E-state index contributed by atoms with van der Waals surface area (Å²) in [4.78, 5) is 3.12. The SMILES string of the molecule is NCc1cc(C(F)F)nc(C(F)F)c1. The zero-order chi connectivity index (χ0) is 10.7. The molecule has 2 N–H and O–H groups in total. The molecule has 0 saturated carbocycles. The first-order valence-electron chi connectivity index (χ1n) is 3.81. The monoisotopic (exact) mass is 208 g/mol. The molecule has 0 spiro atoms. The average molecular weight is 208 g/mol. The van der Waals surface area contributed by atoms with Gasteiger partial charge in [0.1, 0.15) is 11.4 Å². The third kappa shape index (κ3) is 2.41. The molecule has 0 atom stereocenters. The maximum absolute atomic E-state index is 12.2. The zero-order valence-corrected chi connectivity index (χ0v) is 7.05. The Bertz CT molecular complexity index is 288. The van der Waals surface area contributed by atoms with Crippen molar-refractivity contribution < 1.29 is 17.6 Å². The van der Waals surface area contributed by atoms with E-state index in [1.54, 1.807) is 0 Å². The van der Waals surface area contributed by atoms with Crippen molar-refractivity contribution in [2.24, 2.45) is 5.73 Å². The molecular formula is C8H8F4N2. The van der Waals surface area contributed by atoms with Gasteiger partial charge in [-0.3, -0.25) is 0 Å². The van der Waals surface area contributed by atoms with Crippen LogP contribution in [0.3, 0.4) is 0 Å². The van der Waals surface area contributed by atoms with Crippen LogP contribution in [0.1, 0.15) is 29.8 Å². The second kappa shape index (κ2) is 4.36. The number of halogens is 4. The Balaban J connectivity index is 3.13. The van der Waals surface area contributed by atoms with Gasteiger partial charge >= 0.3 is 0 Å². The molecule has 1 rings (SSSR count). The molecule has 6 heteroatoms. The third-order valence-corrected chi connectivity index (χ3v) is 1.61.